The second-order valence-electron chi connectivity index (χ2n) is 7.05. The summed E-state index contributed by atoms with van der Waals surface area (Å²) in [6, 6.07) is 8.30. The third kappa shape index (κ3) is 5.93. The average Bonchev–Trinajstić information content (AvgIpc) is 2.66. The van der Waals surface area contributed by atoms with Crippen molar-refractivity contribution < 1.29 is 0 Å². The van der Waals surface area contributed by atoms with E-state index in [1.54, 1.807) is 6.20 Å². The monoisotopic (exact) mass is 482 g/mol. The maximum atomic E-state index is 6.24. The van der Waals surface area contributed by atoms with Gasteiger partial charge in [-0.25, -0.2) is 4.98 Å². The third-order valence-electron chi connectivity index (χ3n) is 4.67. The van der Waals surface area contributed by atoms with Crippen LogP contribution in [-0.4, -0.2) is 41.3 Å². The predicted octanol–water partition coefficient (Wildman–Crippen LogP) is 4.67. The van der Waals surface area contributed by atoms with Gasteiger partial charge in [0.05, 0.1) is 10.7 Å². The molecule has 3 rings (SSSR count). The van der Waals surface area contributed by atoms with Gasteiger partial charge in [-0.1, -0.05) is 27.5 Å². The summed E-state index contributed by atoms with van der Waals surface area (Å²) in [6.45, 7) is 0. The fourth-order valence-corrected chi connectivity index (χ4v) is 4.16. The molecule has 0 unspecified atom stereocenters. The molecule has 0 atom stereocenters. The Bertz CT molecular complexity index is 826. The zero-order chi connectivity index (χ0) is 20.1. The van der Waals surface area contributed by atoms with E-state index in [2.05, 4.69) is 41.8 Å². The van der Waals surface area contributed by atoms with Crippen LogP contribution in [0.3, 0.4) is 0 Å². The van der Waals surface area contributed by atoms with E-state index in [-0.39, 0.29) is 0 Å². The molecule has 0 radical (unpaired) electrons. The normalized spacial score (nSPS) is 19.0. The minimum atomic E-state index is 0.348. The number of aromatic nitrogens is 2. The SMILES string of the molecule is CN(C)c1ccnc(NC2CCC(NC(=S)Nc3ccc(Br)cc3Cl)CC2)n1. The standard InChI is InChI=1S/C19H24BrClN6S/c1-27(2)17-9-10-22-18(26-17)23-13-4-6-14(7-5-13)24-19(28)25-16-8-3-12(20)11-15(16)21/h3,8-11,13-14H,4-7H2,1-2H3,(H,22,23,26)(H2,24,25,28). The summed E-state index contributed by atoms with van der Waals surface area (Å²) in [4.78, 5) is 10.8. The number of thiocarbonyl (C=S) groups is 1. The molecule has 9 heteroatoms. The number of hydrogen-bond acceptors (Lipinski definition) is 5. The van der Waals surface area contributed by atoms with Crippen molar-refractivity contribution in [2.24, 2.45) is 0 Å². The zero-order valence-electron chi connectivity index (χ0n) is 15.9. The molecule has 1 aromatic carbocycles. The van der Waals surface area contributed by atoms with Crippen molar-refractivity contribution in [3.63, 3.8) is 0 Å². The minimum Gasteiger partial charge on any atom is -0.363 e. The Hall–Kier alpha value is -1.64. The van der Waals surface area contributed by atoms with Crippen LogP contribution in [0.15, 0.2) is 34.9 Å². The molecule has 150 valence electrons. The molecular weight excluding hydrogens is 460 g/mol. The molecular formula is C19H24BrClN6S. The molecule has 1 saturated carbocycles. The highest BCUT2D eigenvalue weighted by Gasteiger charge is 2.22. The van der Waals surface area contributed by atoms with Gasteiger partial charge in [0.2, 0.25) is 5.95 Å². The second-order valence-corrected chi connectivity index (χ2v) is 8.78. The number of rotatable bonds is 5. The van der Waals surface area contributed by atoms with Crippen molar-refractivity contribution in [1.82, 2.24) is 15.3 Å². The van der Waals surface area contributed by atoms with Crippen LogP contribution in [0.1, 0.15) is 25.7 Å². The van der Waals surface area contributed by atoms with Crippen LogP contribution in [-0.2, 0) is 0 Å². The summed E-state index contributed by atoms with van der Waals surface area (Å²) < 4.78 is 0.938. The Balaban J connectivity index is 1.46. The van der Waals surface area contributed by atoms with E-state index in [1.165, 1.54) is 0 Å². The van der Waals surface area contributed by atoms with Crippen molar-refractivity contribution in [3.05, 3.63) is 40.0 Å². The molecule has 6 nitrogen and oxygen atoms in total. The molecule has 1 heterocycles. The molecule has 1 aromatic heterocycles. The fourth-order valence-electron chi connectivity index (χ4n) is 3.17. The number of hydrogen-bond donors (Lipinski definition) is 3. The Morgan fingerprint density at radius 3 is 2.57 bits per heavy atom. The van der Waals surface area contributed by atoms with Gasteiger partial charge >= 0.3 is 0 Å². The van der Waals surface area contributed by atoms with Gasteiger partial charge in [-0.2, -0.15) is 4.98 Å². The number of anilines is 3. The maximum Gasteiger partial charge on any atom is 0.224 e. The van der Waals surface area contributed by atoms with Crippen molar-refractivity contribution in [2.45, 2.75) is 37.8 Å². The molecule has 0 saturated heterocycles. The summed E-state index contributed by atoms with van der Waals surface area (Å²) in [6.07, 6.45) is 5.92. The van der Waals surface area contributed by atoms with Gasteiger partial charge < -0.3 is 20.9 Å². The highest BCUT2D eigenvalue weighted by molar-refractivity contribution is 9.10. The molecule has 0 spiro atoms. The fraction of sp³-hybridized carbons (Fsp3) is 0.421. The Morgan fingerprint density at radius 1 is 1.18 bits per heavy atom. The van der Waals surface area contributed by atoms with Crippen LogP contribution in [0, 0.1) is 0 Å². The van der Waals surface area contributed by atoms with E-state index in [4.69, 9.17) is 23.8 Å². The first-order valence-corrected chi connectivity index (χ1v) is 10.8. The lowest BCUT2D eigenvalue weighted by Gasteiger charge is -2.30. The van der Waals surface area contributed by atoms with Gasteiger partial charge in [0.1, 0.15) is 5.82 Å². The van der Waals surface area contributed by atoms with E-state index in [0.29, 0.717) is 28.2 Å². The van der Waals surface area contributed by atoms with Gasteiger partial charge in [0, 0.05) is 36.8 Å². The van der Waals surface area contributed by atoms with Gasteiger partial charge in [-0.3, -0.25) is 0 Å². The van der Waals surface area contributed by atoms with Crippen LogP contribution in [0.4, 0.5) is 17.5 Å². The smallest absolute Gasteiger partial charge is 0.224 e. The predicted molar refractivity (Wildman–Crippen MR) is 125 cm³/mol. The quantitative estimate of drug-likeness (QED) is 0.534. The minimum absolute atomic E-state index is 0.348. The van der Waals surface area contributed by atoms with E-state index in [0.717, 1.165) is 41.7 Å². The van der Waals surface area contributed by atoms with Gasteiger partial charge in [-0.05, 0) is 62.2 Å². The van der Waals surface area contributed by atoms with Crippen LogP contribution >= 0.6 is 39.7 Å². The van der Waals surface area contributed by atoms with E-state index in [9.17, 15) is 0 Å². The molecule has 0 bridgehead atoms. The lowest BCUT2D eigenvalue weighted by Crippen LogP contribution is -2.42. The molecule has 0 amide bonds. The van der Waals surface area contributed by atoms with Crippen molar-refractivity contribution in [3.8, 4) is 0 Å². The summed E-state index contributed by atoms with van der Waals surface area (Å²) in [5, 5.41) is 11.3. The number of benzene rings is 1. The second kappa shape index (κ2) is 9.71. The van der Waals surface area contributed by atoms with Crippen LogP contribution in [0.25, 0.3) is 0 Å². The first kappa shape index (κ1) is 21.1. The molecule has 1 aliphatic rings. The molecule has 3 N–H and O–H groups in total. The molecule has 1 fully saturated rings. The number of nitrogens with one attached hydrogen (secondary N) is 3. The maximum absolute atomic E-state index is 6.24. The topological polar surface area (TPSA) is 65.1 Å². The van der Waals surface area contributed by atoms with Gasteiger partial charge in [0.25, 0.3) is 0 Å². The van der Waals surface area contributed by atoms with Crippen molar-refractivity contribution >= 4 is 62.3 Å². The summed E-state index contributed by atoms with van der Waals surface area (Å²) in [7, 11) is 3.95. The summed E-state index contributed by atoms with van der Waals surface area (Å²) in [5.74, 6) is 1.58. The van der Waals surface area contributed by atoms with Gasteiger partial charge in [0.15, 0.2) is 5.11 Å². The Kier molecular flexibility index (Phi) is 7.31. The average molecular weight is 484 g/mol. The van der Waals surface area contributed by atoms with E-state index < -0.39 is 0 Å². The molecule has 0 aliphatic heterocycles. The molecule has 2 aromatic rings. The third-order valence-corrected chi connectivity index (χ3v) is 5.70. The first-order valence-electron chi connectivity index (χ1n) is 9.20. The lowest BCUT2D eigenvalue weighted by molar-refractivity contribution is 0.387. The molecule has 28 heavy (non-hydrogen) atoms. The highest BCUT2D eigenvalue weighted by atomic mass is 79.9. The number of halogens is 2. The van der Waals surface area contributed by atoms with Crippen LogP contribution in [0.2, 0.25) is 5.02 Å². The van der Waals surface area contributed by atoms with Crippen molar-refractivity contribution in [2.75, 3.05) is 29.6 Å². The number of nitrogens with zero attached hydrogens (tertiary/aromatic N) is 3. The Morgan fingerprint density at radius 2 is 1.89 bits per heavy atom. The van der Waals surface area contributed by atoms with Crippen molar-refractivity contribution in [1.29, 1.82) is 0 Å². The highest BCUT2D eigenvalue weighted by Crippen LogP contribution is 2.26. The zero-order valence-corrected chi connectivity index (χ0v) is 19.0. The summed E-state index contributed by atoms with van der Waals surface area (Å²) in [5.41, 5.74) is 0.802. The molecule has 1 aliphatic carbocycles. The van der Waals surface area contributed by atoms with Gasteiger partial charge in [-0.15, -0.1) is 0 Å². The van der Waals surface area contributed by atoms with Crippen LogP contribution in [0.5, 0.6) is 0 Å². The first-order chi connectivity index (χ1) is 13.4. The van der Waals surface area contributed by atoms with E-state index >= 15 is 0 Å². The van der Waals surface area contributed by atoms with E-state index in [1.807, 2.05) is 43.3 Å². The summed E-state index contributed by atoms with van der Waals surface area (Å²) >= 11 is 15.1. The largest absolute Gasteiger partial charge is 0.363 e. The van der Waals surface area contributed by atoms with Crippen LogP contribution < -0.4 is 20.9 Å². The Labute approximate surface area is 184 Å². The lowest BCUT2D eigenvalue weighted by atomic mass is 9.91.